The van der Waals surface area contributed by atoms with Gasteiger partial charge in [-0.05, 0) is 57.2 Å². The first-order chi connectivity index (χ1) is 13.1. The van der Waals surface area contributed by atoms with Crippen LogP contribution in [0.15, 0.2) is 45.2 Å². The monoisotopic (exact) mass is 438 g/mol. The van der Waals surface area contributed by atoms with Crippen LogP contribution in [0.5, 0.6) is 0 Å². The summed E-state index contributed by atoms with van der Waals surface area (Å²) in [4.78, 5) is 27.2. The molecule has 0 spiro atoms. The molecule has 7 heteroatoms. The predicted molar refractivity (Wildman–Crippen MR) is 114 cm³/mol. The zero-order valence-electron chi connectivity index (χ0n) is 16.1. The number of benzene rings is 1. The Labute approximate surface area is 175 Å². The molecule has 1 saturated carbocycles. The maximum atomic E-state index is 13.3. The van der Waals surface area contributed by atoms with Crippen molar-refractivity contribution in [1.29, 1.82) is 0 Å². The van der Waals surface area contributed by atoms with E-state index in [1.54, 1.807) is 11.8 Å². The molecular formula is C21H23ClO4S2. The Kier molecular flexibility index (Phi) is 6.23. The quantitative estimate of drug-likeness (QED) is 0.359. The number of allylic oxidation sites excluding steroid dienone is 3. The van der Waals surface area contributed by atoms with Gasteiger partial charge in [0.05, 0.1) is 15.5 Å². The van der Waals surface area contributed by atoms with Crippen LogP contribution in [0.4, 0.5) is 0 Å². The van der Waals surface area contributed by atoms with Gasteiger partial charge in [-0.15, -0.1) is 11.8 Å². The first-order valence-corrected chi connectivity index (χ1v) is 12.4. The van der Waals surface area contributed by atoms with Crippen molar-refractivity contribution in [2.24, 2.45) is 11.8 Å². The zero-order valence-corrected chi connectivity index (χ0v) is 18.5. The summed E-state index contributed by atoms with van der Waals surface area (Å²) in [6, 6.07) is 4.06. The number of hydrogen-bond acceptors (Lipinski definition) is 5. The molecule has 2 bridgehead atoms. The minimum Gasteiger partial charge on any atom is -0.294 e. The SMILES string of the molecule is CC(C)=CCSC1=C(C(=O)c2ccc(S(C)(=O)=O)cc2Cl)C(=O)C2CCC1C2. The van der Waals surface area contributed by atoms with Crippen LogP contribution in [0.2, 0.25) is 5.02 Å². The first kappa shape index (κ1) is 21.3. The molecule has 2 aliphatic rings. The van der Waals surface area contributed by atoms with Crippen molar-refractivity contribution in [3.63, 3.8) is 0 Å². The van der Waals surface area contributed by atoms with E-state index in [1.807, 2.05) is 13.8 Å². The molecule has 150 valence electrons. The molecule has 1 fully saturated rings. The highest BCUT2D eigenvalue weighted by atomic mass is 35.5. The number of fused-ring (bicyclic) bond motifs is 2. The van der Waals surface area contributed by atoms with E-state index in [9.17, 15) is 18.0 Å². The molecule has 0 heterocycles. The van der Waals surface area contributed by atoms with E-state index in [0.29, 0.717) is 5.75 Å². The van der Waals surface area contributed by atoms with Crippen LogP contribution in [-0.4, -0.2) is 32.0 Å². The number of sulfone groups is 1. The number of carbonyl (C=O) groups excluding carboxylic acids is 2. The highest BCUT2D eigenvalue weighted by Crippen LogP contribution is 2.48. The van der Waals surface area contributed by atoms with Crippen molar-refractivity contribution in [2.45, 2.75) is 38.0 Å². The van der Waals surface area contributed by atoms with Crippen molar-refractivity contribution in [3.8, 4) is 0 Å². The van der Waals surface area contributed by atoms with E-state index in [1.165, 1.54) is 23.8 Å². The fourth-order valence-electron chi connectivity index (χ4n) is 3.74. The third-order valence-electron chi connectivity index (χ3n) is 5.24. The summed E-state index contributed by atoms with van der Waals surface area (Å²) in [7, 11) is -3.43. The molecule has 0 amide bonds. The minimum absolute atomic E-state index is 0.0521. The van der Waals surface area contributed by atoms with Crippen molar-refractivity contribution >= 4 is 44.8 Å². The Morgan fingerprint density at radius 2 is 1.93 bits per heavy atom. The van der Waals surface area contributed by atoms with Crippen molar-refractivity contribution in [3.05, 3.63) is 50.9 Å². The van der Waals surface area contributed by atoms with Gasteiger partial charge in [-0.1, -0.05) is 23.3 Å². The van der Waals surface area contributed by atoms with Crippen LogP contribution in [0.25, 0.3) is 0 Å². The van der Waals surface area contributed by atoms with Crippen LogP contribution >= 0.6 is 23.4 Å². The Morgan fingerprint density at radius 1 is 1.25 bits per heavy atom. The molecule has 1 aromatic carbocycles. The molecule has 0 aromatic heterocycles. The molecule has 1 aromatic rings. The van der Waals surface area contributed by atoms with E-state index < -0.39 is 15.6 Å². The highest BCUT2D eigenvalue weighted by molar-refractivity contribution is 8.03. The van der Waals surface area contributed by atoms with Gasteiger partial charge in [-0.3, -0.25) is 9.59 Å². The lowest BCUT2D eigenvalue weighted by atomic mass is 9.84. The Hall–Kier alpha value is -1.37. The van der Waals surface area contributed by atoms with E-state index >= 15 is 0 Å². The number of carbonyl (C=O) groups is 2. The van der Waals surface area contributed by atoms with E-state index in [4.69, 9.17) is 11.6 Å². The molecule has 0 radical (unpaired) electrons. The van der Waals surface area contributed by atoms with Gasteiger partial charge in [-0.2, -0.15) is 0 Å². The lowest BCUT2D eigenvalue weighted by Crippen LogP contribution is -2.26. The zero-order chi connectivity index (χ0) is 20.6. The van der Waals surface area contributed by atoms with Crippen molar-refractivity contribution < 1.29 is 18.0 Å². The Morgan fingerprint density at radius 3 is 2.54 bits per heavy atom. The van der Waals surface area contributed by atoms with E-state index in [0.717, 1.165) is 30.4 Å². The maximum Gasteiger partial charge on any atom is 0.198 e. The largest absolute Gasteiger partial charge is 0.294 e. The van der Waals surface area contributed by atoms with Gasteiger partial charge in [0.25, 0.3) is 0 Å². The van der Waals surface area contributed by atoms with E-state index in [2.05, 4.69) is 6.08 Å². The lowest BCUT2D eigenvalue weighted by Gasteiger charge is -2.24. The second-order valence-electron chi connectivity index (χ2n) is 7.65. The molecule has 4 nitrogen and oxygen atoms in total. The number of rotatable bonds is 6. The molecule has 0 N–H and O–H groups in total. The number of thioether (sulfide) groups is 1. The third-order valence-corrected chi connectivity index (χ3v) is 7.84. The average molecular weight is 439 g/mol. The van der Waals surface area contributed by atoms with Gasteiger partial charge in [0, 0.05) is 28.4 Å². The summed E-state index contributed by atoms with van der Waals surface area (Å²) >= 11 is 7.80. The van der Waals surface area contributed by atoms with Crippen molar-refractivity contribution in [1.82, 2.24) is 0 Å². The number of hydrogen-bond donors (Lipinski definition) is 0. The second kappa shape index (κ2) is 8.17. The fourth-order valence-corrected chi connectivity index (χ4v) is 6.11. The van der Waals surface area contributed by atoms with Gasteiger partial charge in [0.1, 0.15) is 0 Å². The van der Waals surface area contributed by atoms with Crippen LogP contribution < -0.4 is 0 Å². The molecule has 0 saturated heterocycles. The minimum atomic E-state index is -3.43. The van der Waals surface area contributed by atoms with Crippen LogP contribution in [-0.2, 0) is 14.6 Å². The second-order valence-corrected chi connectivity index (χ2v) is 11.1. The lowest BCUT2D eigenvalue weighted by molar-refractivity contribution is -0.119. The summed E-state index contributed by atoms with van der Waals surface area (Å²) in [5.74, 6) is 0.370. The Balaban J connectivity index is 2.03. The summed E-state index contributed by atoms with van der Waals surface area (Å²) in [6.45, 7) is 4.03. The fraction of sp³-hybridized carbons (Fsp3) is 0.429. The number of ketones is 2. The average Bonchev–Trinajstić information content (AvgIpc) is 3.04. The van der Waals surface area contributed by atoms with Crippen LogP contribution in [0.1, 0.15) is 43.5 Å². The smallest absolute Gasteiger partial charge is 0.198 e. The summed E-state index contributed by atoms with van der Waals surface area (Å²) in [5.41, 5.74) is 1.62. The topological polar surface area (TPSA) is 68.3 Å². The number of halogens is 1. The molecule has 2 atom stereocenters. The van der Waals surface area contributed by atoms with Crippen molar-refractivity contribution in [2.75, 3.05) is 12.0 Å². The summed E-state index contributed by atoms with van der Waals surface area (Å²) < 4.78 is 23.4. The van der Waals surface area contributed by atoms with E-state index in [-0.39, 0.29) is 38.7 Å². The molecule has 2 aliphatic carbocycles. The van der Waals surface area contributed by atoms with Gasteiger partial charge in [0.15, 0.2) is 21.4 Å². The van der Waals surface area contributed by atoms with Crippen LogP contribution in [0.3, 0.4) is 0 Å². The third kappa shape index (κ3) is 4.29. The number of Topliss-reactive ketones (excluding diaryl/α,β-unsaturated/α-hetero) is 2. The first-order valence-electron chi connectivity index (χ1n) is 9.18. The van der Waals surface area contributed by atoms with Gasteiger partial charge in [0.2, 0.25) is 0 Å². The standard InChI is InChI=1S/C21H23ClO4S2/c1-12(2)8-9-27-21-14-5-4-13(10-14)19(23)18(21)20(24)16-7-6-15(11-17(16)22)28(3,25)26/h6-8,11,13-14H,4-5,9-10H2,1-3H3. The van der Waals surface area contributed by atoms with Gasteiger partial charge < -0.3 is 0 Å². The van der Waals surface area contributed by atoms with Crippen LogP contribution in [0, 0.1) is 11.8 Å². The maximum absolute atomic E-state index is 13.3. The predicted octanol–water partition coefficient (Wildman–Crippen LogP) is 4.88. The molecule has 3 rings (SSSR count). The van der Waals surface area contributed by atoms with Gasteiger partial charge in [-0.25, -0.2) is 8.42 Å². The normalized spacial score (nSPS) is 21.8. The molecular weight excluding hydrogens is 416 g/mol. The molecule has 28 heavy (non-hydrogen) atoms. The highest BCUT2D eigenvalue weighted by Gasteiger charge is 2.43. The summed E-state index contributed by atoms with van der Waals surface area (Å²) in [6.07, 6.45) is 5.72. The molecule has 0 aliphatic heterocycles. The van der Waals surface area contributed by atoms with Gasteiger partial charge >= 0.3 is 0 Å². The summed E-state index contributed by atoms with van der Waals surface area (Å²) in [5, 5.41) is 0.0554. The Bertz CT molecular complexity index is 1000. The molecule has 2 unspecified atom stereocenters.